The lowest BCUT2D eigenvalue weighted by Crippen LogP contribution is -2.31. The molecule has 1 heterocycles. The Morgan fingerprint density at radius 1 is 1.15 bits per heavy atom. The molecule has 0 aromatic heterocycles. The lowest BCUT2D eigenvalue weighted by Gasteiger charge is -2.18. The summed E-state index contributed by atoms with van der Waals surface area (Å²) in [7, 11) is 0. The second-order valence-corrected chi connectivity index (χ2v) is 6.60. The van der Waals surface area contributed by atoms with E-state index in [-0.39, 0.29) is 25.0 Å². The van der Waals surface area contributed by atoms with Gasteiger partial charge in [0.15, 0.2) is 18.1 Å². The third kappa shape index (κ3) is 5.37. The summed E-state index contributed by atoms with van der Waals surface area (Å²) < 4.78 is 16.0. The third-order valence-electron chi connectivity index (χ3n) is 4.05. The number of amides is 1. The van der Waals surface area contributed by atoms with Gasteiger partial charge in [-0.15, -0.1) is 0 Å². The molecule has 1 N–H and O–H groups in total. The van der Waals surface area contributed by atoms with Gasteiger partial charge in [0.05, 0.1) is 12.5 Å². The third-order valence-corrected chi connectivity index (χ3v) is 4.28. The van der Waals surface area contributed by atoms with E-state index >= 15 is 0 Å². The molecule has 0 fully saturated rings. The first-order chi connectivity index (χ1) is 13.0. The van der Waals surface area contributed by atoms with E-state index in [0.29, 0.717) is 29.7 Å². The number of carbonyl (C=O) groups excluding carboxylic acids is 2. The molecule has 2 aromatic rings. The molecule has 0 saturated heterocycles. The maximum atomic E-state index is 12.0. The number of hydrogen-bond acceptors (Lipinski definition) is 5. The van der Waals surface area contributed by atoms with Gasteiger partial charge in [-0.3, -0.25) is 9.59 Å². The van der Waals surface area contributed by atoms with Gasteiger partial charge in [0.25, 0.3) is 5.91 Å². The van der Waals surface area contributed by atoms with Crippen LogP contribution < -0.4 is 14.8 Å². The number of rotatable bonds is 6. The van der Waals surface area contributed by atoms with Crippen molar-refractivity contribution in [2.24, 2.45) is 0 Å². The fourth-order valence-electron chi connectivity index (χ4n) is 2.70. The number of benzene rings is 2. The maximum absolute atomic E-state index is 12.0. The van der Waals surface area contributed by atoms with Crippen LogP contribution in [0.25, 0.3) is 0 Å². The number of fused-ring (bicyclic) bond motifs is 1. The minimum Gasteiger partial charge on any atom is -0.486 e. The average molecular weight is 390 g/mol. The molecule has 0 bridgehead atoms. The minimum atomic E-state index is -0.489. The van der Waals surface area contributed by atoms with Gasteiger partial charge >= 0.3 is 5.97 Å². The highest BCUT2D eigenvalue weighted by Crippen LogP contribution is 2.30. The fourth-order valence-corrected chi connectivity index (χ4v) is 2.90. The van der Waals surface area contributed by atoms with Crippen molar-refractivity contribution < 1.29 is 23.8 Å². The van der Waals surface area contributed by atoms with E-state index < -0.39 is 5.97 Å². The molecule has 0 saturated carbocycles. The second-order valence-electron chi connectivity index (χ2n) is 6.16. The molecule has 0 spiro atoms. The number of ether oxygens (including phenoxy) is 3. The highest BCUT2D eigenvalue weighted by molar-refractivity contribution is 6.30. The van der Waals surface area contributed by atoms with Gasteiger partial charge in [-0.2, -0.15) is 0 Å². The van der Waals surface area contributed by atoms with E-state index in [1.807, 2.05) is 19.1 Å². The monoisotopic (exact) mass is 389 g/mol. The molecule has 3 rings (SSSR count). The lowest BCUT2D eigenvalue weighted by molar-refractivity contribution is -0.148. The summed E-state index contributed by atoms with van der Waals surface area (Å²) in [6.07, 6.45) is 0.0494. The number of esters is 1. The maximum Gasteiger partial charge on any atom is 0.310 e. The second kappa shape index (κ2) is 8.77. The standard InChI is InChI=1S/C20H20ClNO5/c1-13(15-3-2-4-16(21)11-15)22-19(23)12-27-20(24)10-14-5-6-17-18(9-14)26-8-7-25-17/h2-6,9,11,13H,7-8,10,12H2,1H3,(H,22,23)/t13-/m1/s1. The Morgan fingerprint density at radius 3 is 2.70 bits per heavy atom. The summed E-state index contributed by atoms with van der Waals surface area (Å²) in [6, 6.07) is 12.3. The summed E-state index contributed by atoms with van der Waals surface area (Å²) in [5.41, 5.74) is 1.61. The zero-order valence-electron chi connectivity index (χ0n) is 14.9. The van der Waals surface area contributed by atoms with Crippen LogP contribution in [-0.4, -0.2) is 31.7 Å². The Balaban J connectivity index is 1.46. The summed E-state index contributed by atoms with van der Waals surface area (Å²) in [5.74, 6) is 0.405. The SMILES string of the molecule is C[C@@H](NC(=O)COC(=O)Cc1ccc2c(c1)OCCO2)c1cccc(Cl)c1. The van der Waals surface area contributed by atoms with Crippen LogP contribution in [0.3, 0.4) is 0 Å². The van der Waals surface area contributed by atoms with Gasteiger partial charge < -0.3 is 19.5 Å². The molecular weight excluding hydrogens is 370 g/mol. The summed E-state index contributed by atoms with van der Waals surface area (Å²) in [6.45, 7) is 2.48. The van der Waals surface area contributed by atoms with Crippen molar-refractivity contribution in [3.63, 3.8) is 0 Å². The van der Waals surface area contributed by atoms with E-state index in [4.69, 9.17) is 25.8 Å². The molecule has 1 atom stereocenters. The fraction of sp³-hybridized carbons (Fsp3) is 0.300. The van der Waals surface area contributed by atoms with Gasteiger partial charge in [0.1, 0.15) is 13.2 Å². The van der Waals surface area contributed by atoms with Crippen LogP contribution in [0.15, 0.2) is 42.5 Å². The zero-order valence-corrected chi connectivity index (χ0v) is 15.6. The molecule has 0 radical (unpaired) electrons. The van der Waals surface area contributed by atoms with E-state index in [2.05, 4.69) is 5.32 Å². The van der Waals surface area contributed by atoms with Gasteiger partial charge in [-0.05, 0) is 42.3 Å². The highest BCUT2D eigenvalue weighted by atomic mass is 35.5. The van der Waals surface area contributed by atoms with E-state index in [9.17, 15) is 9.59 Å². The number of carbonyl (C=O) groups is 2. The summed E-state index contributed by atoms with van der Waals surface area (Å²) >= 11 is 5.95. The first-order valence-corrected chi connectivity index (χ1v) is 8.98. The Morgan fingerprint density at radius 2 is 1.93 bits per heavy atom. The molecule has 0 aliphatic carbocycles. The number of nitrogens with one attached hydrogen (secondary N) is 1. The molecule has 7 heteroatoms. The minimum absolute atomic E-state index is 0.0494. The highest BCUT2D eigenvalue weighted by Gasteiger charge is 2.15. The Bertz CT molecular complexity index is 839. The quantitative estimate of drug-likeness (QED) is 0.768. The van der Waals surface area contributed by atoms with Gasteiger partial charge in [-0.1, -0.05) is 29.8 Å². The topological polar surface area (TPSA) is 73.9 Å². The molecule has 27 heavy (non-hydrogen) atoms. The molecule has 1 aliphatic heterocycles. The van der Waals surface area contributed by atoms with Crippen molar-refractivity contribution in [3.05, 3.63) is 58.6 Å². The van der Waals surface area contributed by atoms with Crippen LogP contribution in [0, 0.1) is 0 Å². The van der Waals surface area contributed by atoms with E-state index in [1.54, 1.807) is 30.3 Å². The first kappa shape index (κ1) is 19.0. The van der Waals surface area contributed by atoms with Gasteiger partial charge in [0.2, 0.25) is 0 Å². The summed E-state index contributed by atoms with van der Waals surface area (Å²) in [5, 5.41) is 3.37. The van der Waals surface area contributed by atoms with Crippen molar-refractivity contribution >= 4 is 23.5 Å². The predicted octanol–water partition coefficient (Wildman–Crippen LogP) is 3.07. The number of halogens is 1. The normalized spacial score (nSPS) is 13.6. The number of hydrogen-bond donors (Lipinski definition) is 1. The van der Waals surface area contributed by atoms with Crippen LogP contribution in [0.5, 0.6) is 11.5 Å². The van der Waals surface area contributed by atoms with Crippen LogP contribution in [0.2, 0.25) is 5.02 Å². The van der Waals surface area contributed by atoms with Crippen molar-refractivity contribution in [1.82, 2.24) is 5.32 Å². The van der Waals surface area contributed by atoms with Crippen LogP contribution in [-0.2, 0) is 20.7 Å². The van der Waals surface area contributed by atoms with Crippen LogP contribution in [0.1, 0.15) is 24.1 Å². The lowest BCUT2D eigenvalue weighted by atomic mass is 10.1. The van der Waals surface area contributed by atoms with Crippen molar-refractivity contribution in [2.45, 2.75) is 19.4 Å². The predicted molar refractivity (Wildman–Crippen MR) is 100 cm³/mol. The van der Waals surface area contributed by atoms with Crippen molar-refractivity contribution in [1.29, 1.82) is 0 Å². The van der Waals surface area contributed by atoms with Crippen molar-refractivity contribution in [3.8, 4) is 11.5 Å². The molecule has 1 amide bonds. The average Bonchev–Trinajstić information content (AvgIpc) is 2.66. The Labute approximate surface area is 162 Å². The molecule has 1 aliphatic rings. The van der Waals surface area contributed by atoms with E-state index in [0.717, 1.165) is 11.1 Å². The van der Waals surface area contributed by atoms with Gasteiger partial charge in [0, 0.05) is 5.02 Å². The molecule has 0 unspecified atom stereocenters. The molecule has 142 valence electrons. The van der Waals surface area contributed by atoms with Crippen molar-refractivity contribution in [2.75, 3.05) is 19.8 Å². The van der Waals surface area contributed by atoms with Gasteiger partial charge in [-0.25, -0.2) is 0 Å². The molecule has 6 nitrogen and oxygen atoms in total. The van der Waals surface area contributed by atoms with E-state index in [1.165, 1.54) is 0 Å². The molecule has 2 aromatic carbocycles. The van der Waals surface area contributed by atoms with Crippen LogP contribution >= 0.6 is 11.6 Å². The van der Waals surface area contributed by atoms with Crippen LogP contribution in [0.4, 0.5) is 0 Å². The molecular formula is C20H20ClNO5. The smallest absolute Gasteiger partial charge is 0.310 e. The zero-order chi connectivity index (χ0) is 19.2. The summed E-state index contributed by atoms with van der Waals surface area (Å²) in [4.78, 5) is 24.0. The Kier molecular flexibility index (Phi) is 6.19. The largest absolute Gasteiger partial charge is 0.486 e. The first-order valence-electron chi connectivity index (χ1n) is 8.60. The Hall–Kier alpha value is -2.73.